The predicted octanol–water partition coefficient (Wildman–Crippen LogP) is 3.24. The van der Waals surface area contributed by atoms with Gasteiger partial charge in [0, 0.05) is 38.3 Å². The molecule has 36 heavy (non-hydrogen) atoms. The molecule has 200 valence electrons. The second-order valence-electron chi connectivity index (χ2n) is 10.4. The van der Waals surface area contributed by atoms with Crippen LogP contribution in [-0.2, 0) is 14.3 Å². The van der Waals surface area contributed by atoms with Crippen molar-refractivity contribution in [2.24, 2.45) is 11.3 Å². The number of halogens is 1. The summed E-state index contributed by atoms with van der Waals surface area (Å²) in [5.74, 6) is -0.424. The fourth-order valence-corrected chi connectivity index (χ4v) is 4.99. The van der Waals surface area contributed by atoms with Crippen molar-refractivity contribution < 1.29 is 24.3 Å². The molecule has 10 nitrogen and oxygen atoms in total. The molecule has 1 aliphatic heterocycles. The van der Waals surface area contributed by atoms with Gasteiger partial charge in [0.15, 0.2) is 0 Å². The van der Waals surface area contributed by atoms with Gasteiger partial charge in [-0.2, -0.15) is 0 Å². The molecule has 0 unspecified atom stereocenters. The minimum absolute atomic E-state index is 0.152. The second kappa shape index (κ2) is 13.1. The van der Waals surface area contributed by atoms with Crippen molar-refractivity contribution in [1.82, 2.24) is 15.7 Å². The number of morpholine rings is 1. The first kappa shape index (κ1) is 28.0. The molecule has 4 amide bonds. The third-order valence-electron chi connectivity index (χ3n) is 6.68. The molecule has 0 radical (unpaired) electrons. The largest absolute Gasteiger partial charge is 0.378 e. The number of anilines is 2. The summed E-state index contributed by atoms with van der Waals surface area (Å²) in [5, 5.41) is 15.1. The van der Waals surface area contributed by atoms with Gasteiger partial charge in [0.1, 0.15) is 6.54 Å². The van der Waals surface area contributed by atoms with Gasteiger partial charge in [-0.15, -0.1) is 0 Å². The van der Waals surface area contributed by atoms with Crippen molar-refractivity contribution in [1.29, 1.82) is 0 Å². The molecule has 0 bridgehead atoms. The summed E-state index contributed by atoms with van der Waals surface area (Å²) in [7, 11) is 0. The van der Waals surface area contributed by atoms with Gasteiger partial charge < -0.3 is 25.2 Å². The fraction of sp³-hybridized carbons (Fsp3) is 0.640. The van der Waals surface area contributed by atoms with E-state index in [-0.39, 0.29) is 25.4 Å². The highest BCUT2D eigenvalue weighted by molar-refractivity contribution is 6.33. The van der Waals surface area contributed by atoms with E-state index in [0.717, 1.165) is 44.5 Å². The summed E-state index contributed by atoms with van der Waals surface area (Å²) < 4.78 is 5.38. The number of nitrogens with zero attached hydrogens (tertiary/aromatic N) is 2. The van der Waals surface area contributed by atoms with Crippen molar-refractivity contribution in [3.8, 4) is 0 Å². The molecule has 1 aromatic rings. The van der Waals surface area contributed by atoms with Crippen LogP contribution in [0.2, 0.25) is 5.02 Å². The Hall–Kier alpha value is -2.56. The minimum Gasteiger partial charge on any atom is -0.378 e. The number of hydroxylamine groups is 1. The van der Waals surface area contributed by atoms with Crippen LogP contribution in [0.3, 0.4) is 0 Å². The number of benzene rings is 1. The normalized spacial score (nSPS) is 16.5. The summed E-state index contributed by atoms with van der Waals surface area (Å²) in [5.41, 5.74) is 2.54. The van der Waals surface area contributed by atoms with E-state index >= 15 is 0 Å². The molecule has 0 spiro atoms. The third-order valence-corrected chi connectivity index (χ3v) is 6.98. The molecule has 4 N–H and O–H groups in total. The zero-order chi connectivity index (χ0) is 26.1. The summed E-state index contributed by atoms with van der Waals surface area (Å²) in [6, 6.07) is 5.01. The standard InChI is InChI=1S/C25H38ClN5O5/c1-25(2,14-23(33)31(16-22(32)29-35)15-18-5-3-4-6-18)17-27-24(34)28-19-7-8-21(20(26)13-19)30-9-11-36-12-10-30/h7-8,13,18,35H,3-6,9-12,14-17H2,1-2H3,(H,29,32)(H2,27,28,34). The molecule has 11 heteroatoms. The Morgan fingerprint density at radius 1 is 1.19 bits per heavy atom. The van der Waals surface area contributed by atoms with Crippen LogP contribution in [0, 0.1) is 11.3 Å². The first-order valence-electron chi connectivity index (χ1n) is 12.5. The Morgan fingerprint density at radius 2 is 1.89 bits per heavy atom. The molecule has 3 rings (SSSR count). The van der Waals surface area contributed by atoms with Crippen LogP contribution in [0.4, 0.5) is 16.2 Å². The molecule has 0 atom stereocenters. The SMILES string of the molecule is CC(C)(CNC(=O)Nc1ccc(N2CCOCC2)c(Cl)c1)CC(=O)N(CC(=O)NO)CC1CCCC1. The summed E-state index contributed by atoms with van der Waals surface area (Å²) in [6.07, 6.45) is 4.48. The highest BCUT2D eigenvalue weighted by Gasteiger charge is 2.29. The van der Waals surface area contributed by atoms with E-state index in [4.69, 9.17) is 21.5 Å². The molecular formula is C25H38ClN5O5. The molecule has 1 heterocycles. The van der Waals surface area contributed by atoms with E-state index in [0.29, 0.717) is 36.4 Å². The van der Waals surface area contributed by atoms with Gasteiger partial charge >= 0.3 is 6.03 Å². The van der Waals surface area contributed by atoms with Crippen LogP contribution in [0.5, 0.6) is 0 Å². The van der Waals surface area contributed by atoms with Crippen LogP contribution in [0.25, 0.3) is 0 Å². The Bertz CT molecular complexity index is 916. The maximum atomic E-state index is 13.0. The van der Waals surface area contributed by atoms with Crippen LogP contribution in [0.1, 0.15) is 46.0 Å². The number of carbonyl (C=O) groups excluding carboxylic acids is 3. The summed E-state index contributed by atoms with van der Waals surface area (Å²) in [4.78, 5) is 41.0. The number of rotatable bonds is 10. The Kier molecular flexibility index (Phi) is 10.2. The van der Waals surface area contributed by atoms with Gasteiger partial charge in [0.25, 0.3) is 5.91 Å². The molecule has 2 aliphatic rings. The Morgan fingerprint density at radius 3 is 2.53 bits per heavy atom. The van der Waals surface area contributed by atoms with Gasteiger partial charge in [-0.25, -0.2) is 10.3 Å². The van der Waals surface area contributed by atoms with Crippen molar-refractivity contribution in [2.75, 3.05) is 56.2 Å². The zero-order valence-corrected chi connectivity index (χ0v) is 21.9. The number of hydrogen-bond donors (Lipinski definition) is 4. The smallest absolute Gasteiger partial charge is 0.319 e. The monoisotopic (exact) mass is 523 g/mol. The second-order valence-corrected chi connectivity index (χ2v) is 10.8. The number of amides is 4. The molecule has 1 aliphatic carbocycles. The number of carbonyl (C=O) groups is 3. The lowest BCUT2D eigenvalue weighted by atomic mass is 9.88. The molecular weight excluding hydrogens is 486 g/mol. The lowest BCUT2D eigenvalue weighted by molar-refractivity contribution is -0.141. The lowest BCUT2D eigenvalue weighted by Crippen LogP contribution is -2.45. The molecule has 1 saturated heterocycles. The van der Waals surface area contributed by atoms with Crippen LogP contribution in [0.15, 0.2) is 18.2 Å². The van der Waals surface area contributed by atoms with Gasteiger partial charge in [-0.05, 0) is 42.4 Å². The average Bonchev–Trinajstić information content (AvgIpc) is 3.36. The average molecular weight is 524 g/mol. The van der Waals surface area contributed by atoms with Crippen molar-refractivity contribution in [3.63, 3.8) is 0 Å². The molecule has 2 fully saturated rings. The molecule has 1 aromatic carbocycles. The maximum absolute atomic E-state index is 13.0. The van der Waals surface area contributed by atoms with Gasteiger partial charge in [0.05, 0.1) is 23.9 Å². The van der Waals surface area contributed by atoms with Crippen molar-refractivity contribution in [3.05, 3.63) is 23.2 Å². The number of urea groups is 1. The summed E-state index contributed by atoms with van der Waals surface area (Å²) >= 11 is 6.45. The number of ether oxygens (including phenoxy) is 1. The van der Waals surface area contributed by atoms with Crippen LogP contribution in [-0.4, -0.2) is 73.9 Å². The highest BCUT2D eigenvalue weighted by atomic mass is 35.5. The molecule has 1 saturated carbocycles. The number of hydrogen-bond acceptors (Lipinski definition) is 6. The zero-order valence-electron chi connectivity index (χ0n) is 21.1. The Labute approximate surface area is 217 Å². The first-order chi connectivity index (χ1) is 17.2. The van der Waals surface area contributed by atoms with E-state index in [1.165, 1.54) is 4.90 Å². The first-order valence-corrected chi connectivity index (χ1v) is 12.9. The van der Waals surface area contributed by atoms with Crippen molar-refractivity contribution >= 4 is 40.8 Å². The van der Waals surface area contributed by atoms with Gasteiger partial charge in [-0.3, -0.25) is 14.8 Å². The number of nitrogens with one attached hydrogen (secondary N) is 3. The lowest BCUT2D eigenvalue weighted by Gasteiger charge is -2.30. The quantitative estimate of drug-likeness (QED) is 0.276. The van der Waals surface area contributed by atoms with E-state index in [9.17, 15) is 14.4 Å². The van der Waals surface area contributed by atoms with Crippen LogP contribution >= 0.6 is 11.6 Å². The van der Waals surface area contributed by atoms with E-state index < -0.39 is 17.4 Å². The third kappa shape index (κ3) is 8.53. The Balaban J connectivity index is 1.50. The topological polar surface area (TPSA) is 123 Å². The van der Waals surface area contributed by atoms with Crippen molar-refractivity contribution in [2.45, 2.75) is 46.0 Å². The van der Waals surface area contributed by atoms with Gasteiger partial charge in [0.2, 0.25) is 5.91 Å². The minimum atomic E-state index is -0.616. The molecule has 0 aromatic heterocycles. The van der Waals surface area contributed by atoms with Gasteiger partial charge in [-0.1, -0.05) is 38.3 Å². The highest BCUT2D eigenvalue weighted by Crippen LogP contribution is 2.30. The van der Waals surface area contributed by atoms with Crippen LogP contribution < -0.4 is 21.0 Å². The van der Waals surface area contributed by atoms with E-state index in [1.54, 1.807) is 17.6 Å². The predicted molar refractivity (Wildman–Crippen MR) is 138 cm³/mol. The fourth-order valence-electron chi connectivity index (χ4n) is 4.69. The maximum Gasteiger partial charge on any atom is 0.319 e. The van der Waals surface area contributed by atoms with E-state index in [1.807, 2.05) is 19.9 Å². The van der Waals surface area contributed by atoms with E-state index in [2.05, 4.69) is 15.5 Å². The summed E-state index contributed by atoms with van der Waals surface area (Å²) in [6.45, 7) is 7.20.